The number of carbonyl (C=O) groups excluding carboxylic acids is 2. The van der Waals surface area contributed by atoms with Gasteiger partial charge in [0.05, 0.1) is 22.3 Å². The molecule has 5 rings (SSSR count). The average molecular weight is 444 g/mol. The van der Waals surface area contributed by atoms with Crippen molar-refractivity contribution in [2.24, 2.45) is 0 Å². The van der Waals surface area contributed by atoms with E-state index in [0.717, 1.165) is 5.56 Å². The van der Waals surface area contributed by atoms with Crippen LogP contribution in [0.2, 0.25) is 0 Å². The van der Waals surface area contributed by atoms with Crippen molar-refractivity contribution in [1.82, 2.24) is 20.4 Å². The van der Waals surface area contributed by atoms with E-state index < -0.39 is 0 Å². The van der Waals surface area contributed by atoms with Crippen molar-refractivity contribution in [3.63, 3.8) is 0 Å². The Labute approximate surface area is 190 Å². The molecule has 0 atom stereocenters. The summed E-state index contributed by atoms with van der Waals surface area (Å²) in [6.07, 6.45) is 1.33. The molecule has 8 heteroatoms. The van der Waals surface area contributed by atoms with Crippen molar-refractivity contribution >= 4 is 22.9 Å². The molecule has 0 aliphatic carbocycles. The second-order valence-corrected chi connectivity index (χ2v) is 8.32. The van der Waals surface area contributed by atoms with E-state index in [1.807, 2.05) is 48.2 Å². The molecule has 168 valence electrons. The summed E-state index contributed by atoms with van der Waals surface area (Å²) < 4.78 is 10.8. The fraction of sp³-hybridized carbons (Fsp3) is 0.280. The van der Waals surface area contributed by atoms with Crippen molar-refractivity contribution in [3.05, 3.63) is 71.3 Å². The molecule has 3 aromatic heterocycles. The Balaban J connectivity index is 1.34. The number of hydrogen-bond acceptors (Lipinski definition) is 6. The summed E-state index contributed by atoms with van der Waals surface area (Å²) in [4.78, 5) is 32.3. The molecule has 4 aromatic rings. The SMILES string of the molecule is Cc1ccc(C(=O)NC2CCN(C(=O)c3cc(-c4ccccc4)nc4onc(C)c34)CC2)o1. The molecule has 1 saturated heterocycles. The molecule has 2 amide bonds. The Morgan fingerprint density at radius 1 is 1.06 bits per heavy atom. The molecule has 1 aliphatic heterocycles. The number of benzene rings is 1. The van der Waals surface area contributed by atoms with Crippen LogP contribution in [0.5, 0.6) is 0 Å². The maximum Gasteiger partial charge on any atom is 0.287 e. The van der Waals surface area contributed by atoms with Gasteiger partial charge in [-0.05, 0) is 44.9 Å². The first-order valence-corrected chi connectivity index (χ1v) is 11.0. The lowest BCUT2D eigenvalue weighted by atomic mass is 10.0. The van der Waals surface area contributed by atoms with Gasteiger partial charge in [-0.1, -0.05) is 35.5 Å². The number of pyridine rings is 1. The highest BCUT2D eigenvalue weighted by Gasteiger charge is 2.28. The number of nitrogens with one attached hydrogen (secondary N) is 1. The average Bonchev–Trinajstić information content (AvgIpc) is 3.45. The molecule has 1 N–H and O–H groups in total. The molecule has 4 heterocycles. The van der Waals surface area contributed by atoms with Gasteiger partial charge in [0.25, 0.3) is 17.5 Å². The first kappa shape index (κ1) is 20.9. The van der Waals surface area contributed by atoms with Gasteiger partial charge in [0.15, 0.2) is 5.76 Å². The third kappa shape index (κ3) is 4.11. The number of carbonyl (C=O) groups is 2. The Morgan fingerprint density at radius 3 is 2.52 bits per heavy atom. The zero-order valence-electron chi connectivity index (χ0n) is 18.5. The monoisotopic (exact) mass is 444 g/mol. The topological polar surface area (TPSA) is 101 Å². The molecular formula is C25H24N4O4. The number of nitrogens with zero attached hydrogens (tertiary/aromatic N) is 3. The van der Waals surface area contributed by atoms with Crippen molar-refractivity contribution in [2.75, 3.05) is 13.1 Å². The molecule has 1 aromatic carbocycles. The van der Waals surface area contributed by atoms with E-state index in [-0.39, 0.29) is 17.9 Å². The lowest BCUT2D eigenvalue weighted by Gasteiger charge is -2.32. The lowest BCUT2D eigenvalue weighted by molar-refractivity contribution is 0.0697. The first-order chi connectivity index (χ1) is 16.0. The minimum Gasteiger partial charge on any atom is -0.456 e. The van der Waals surface area contributed by atoms with E-state index in [2.05, 4.69) is 15.5 Å². The van der Waals surface area contributed by atoms with Crippen molar-refractivity contribution in [2.45, 2.75) is 32.7 Å². The minimum absolute atomic E-state index is 0.0124. The number of piperidine rings is 1. The smallest absolute Gasteiger partial charge is 0.287 e. The molecule has 1 fully saturated rings. The summed E-state index contributed by atoms with van der Waals surface area (Å²) in [6, 6.07) is 14.9. The third-order valence-corrected chi connectivity index (χ3v) is 6.00. The minimum atomic E-state index is -0.226. The molecule has 0 unspecified atom stereocenters. The Hall–Kier alpha value is -3.94. The molecule has 8 nitrogen and oxygen atoms in total. The van der Waals surface area contributed by atoms with Crippen molar-refractivity contribution < 1.29 is 18.5 Å². The van der Waals surface area contributed by atoms with Gasteiger partial charge in [-0.3, -0.25) is 9.59 Å². The fourth-order valence-electron chi connectivity index (χ4n) is 4.23. The van der Waals surface area contributed by atoms with Gasteiger partial charge in [0.1, 0.15) is 5.76 Å². The summed E-state index contributed by atoms with van der Waals surface area (Å²) in [5, 5.41) is 7.68. The van der Waals surface area contributed by atoms with Gasteiger partial charge in [0.2, 0.25) is 0 Å². The van der Waals surface area contributed by atoms with E-state index in [1.165, 1.54) is 0 Å². The van der Waals surface area contributed by atoms with E-state index in [9.17, 15) is 9.59 Å². The van der Waals surface area contributed by atoms with Crippen molar-refractivity contribution in [3.8, 4) is 11.3 Å². The van der Waals surface area contributed by atoms with Crippen LogP contribution in [0.1, 0.15) is 45.2 Å². The van der Waals surface area contributed by atoms with Gasteiger partial charge in [-0.25, -0.2) is 4.98 Å². The first-order valence-electron chi connectivity index (χ1n) is 11.0. The summed E-state index contributed by atoms with van der Waals surface area (Å²) >= 11 is 0. The van der Waals surface area contributed by atoms with E-state index in [0.29, 0.717) is 65.5 Å². The highest BCUT2D eigenvalue weighted by atomic mass is 16.5. The van der Waals surface area contributed by atoms with Crippen LogP contribution < -0.4 is 5.32 Å². The summed E-state index contributed by atoms with van der Waals surface area (Å²) in [5.41, 5.74) is 3.09. The Morgan fingerprint density at radius 2 is 1.82 bits per heavy atom. The number of rotatable bonds is 4. The second-order valence-electron chi connectivity index (χ2n) is 8.32. The van der Waals surface area contributed by atoms with Gasteiger partial charge >= 0.3 is 0 Å². The second kappa shape index (κ2) is 8.54. The third-order valence-electron chi connectivity index (χ3n) is 6.00. The van der Waals surface area contributed by atoms with Gasteiger partial charge in [-0.15, -0.1) is 0 Å². The molecule has 1 aliphatic rings. The number of amides is 2. The molecular weight excluding hydrogens is 420 g/mol. The summed E-state index contributed by atoms with van der Waals surface area (Å²) in [6.45, 7) is 4.69. The maximum absolute atomic E-state index is 13.5. The Kier molecular flexibility index (Phi) is 5.42. The van der Waals surface area contributed by atoms with Crippen LogP contribution in [0.3, 0.4) is 0 Å². The van der Waals surface area contributed by atoms with Gasteiger partial charge in [-0.2, -0.15) is 0 Å². The quantitative estimate of drug-likeness (QED) is 0.508. The van der Waals surface area contributed by atoms with Crippen LogP contribution in [0.25, 0.3) is 22.4 Å². The van der Waals surface area contributed by atoms with E-state index in [1.54, 1.807) is 19.1 Å². The molecule has 0 radical (unpaired) electrons. The number of hydrogen-bond donors (Lipinski definition) is 1. The number of furan rings is 1. The summed E-state index contributed by atoms with van der Waals surface area (Å²) in [7, 11) is 0. The molecule has 33 heavy (non-hydrogen) atoms. The van der Waals surface area contributed by atoms with Gasteiger partial charge in [0, 0.05) is 24.7 Å². The van der Waals surface area contributed by atoms with Crippen LogP contribution in [-0.4, -0.2) is 46.0 Å². The summed E-state index contributed by atoms with van der Waals surface area (Å²) in [5.74, 6) is 0.693. The number of fused-ring (bicyclic) bond motifs is 1. The van der Waals surface area contributed by atoms with E-state index in [4.69, 9.17) is 8.94 Å². The molecule has 0 spiro atoms. The van der Waals surface area contributed by atoms with Gasteiger partial charge < -0.3 is 19.2 Å². The number of likely N-dealkylation sites (tertiary alicyclic amines) is 1. The number of aromatic nitrogens is 2. The highest BCUT2D eigenvalue weighted by Crippen LogP contribution is 2.28. The number of aryl methyl sites for hydroxylation is 2. The van der Waals surface area contributed by atoms with Crippen molar-refractivity contribution in [1.29, 1.82) is 0 Å². The maximum atomic E-state index is 13.5. The zero-order valence-corrected chi connectivity index (χ0v) is 18.5. The van der Waals surface area contributed by atoms with Crippen LogP contribution in [-0.2, 0) is 0 Å². The standard InChI is InChI=1S/C25H24N4O4/c1-15-8-9-21(32-15)23(30)26-18-10-12-29(13-11-18)25(31)19-14-20(17-6-4-3-5-7-17)27-24-22(19)16(2)28-33-24/h3-9,14,18H,10-13H2,1-2H3,(H,26,30). The van der Waals surface area contributed by atoms with Crippen LogP contribution >= 0.6 is 0 Å². The largest absolute Gasteiger partial charge is 0.456 e. The predicted molar refractivity (Wildman–Crippen MR) is 122 cm³/mol. The molecule has 0 bridgehead atoms. The van der Waals surface area contributed by atoms with Crippen LogP contribution in [0.15, 0.2) is 57.5 Å². The zero-order chi connectivity index (χ0) is 22.9. The molecule has 0 saturated carbocycles. The highest BCUT2D eigenvalue weighted by molar-refractivity contribution is 6.07. The normalized spacial score (nSPS) is 14.5. The van der Waals surface area contributed by atoms with E-state index >= 15 is 0 Å². The fourth-order valence-corrected chi connectivity index (χ4v) is 4.23. The lowest BCUT2D eigenvalue weighted by Crippen LogP contribution is -2.46. The Bertz CT molecular complexity index is 1320. The predicted octanol–water partition coefficient (Wildman–Crippen LogP) is 4.13. The van der Waals surface area contributed by atoms with Crippen LogP contribution in [0.4, 0.5) is 0 Å². The van der Waals surface area contributed by atoms with Crippen LogP contribution in [0, 0.1) is 13.8 Å².